The van der Waals surface area contributed by atoms with Gasteiger partial charge in [0.1, 0.15) is 0 Å². The quantitative estimate of drug-likeness (QED) is 0.886. The molecule has 122 valence electrons. The van der Waals surface area contributed by atoms with Gasteiger partial charge in [0, 0.05) is 18.3 Å². The summed E-state index contributed by atoms with van der Waals surface area (Å²) in [6, 6.07) is 11.4. The van der Waals surface area contributed by atoms with Gasteiger partial charge < -0.3 is 20.1 Å². The molecule has 23 heavy (non-hydrogen) atoms. The van der Waals surface area contributed by atoms with Crippen LogP contribution in [0.1, 0.15) is 16.7 Å². The Labute approximate surface area is 136 Å². The lowest BCUT2D eigenvalue weighted by atomic mass is 10.1. The summed E-state index contributed by atoms with van der Waals surface area (Å²) in [6.07, 6.45) is 0. The highest BCUT2D eigenvalue weighted by Gasteiger charge is 2.10. The van der Waals surface area contributed by atoms with Gasteiger partial charge in [-0.15, -0.1) is 0 Å². The highest BCUT2D eigenvalue weighted by molar-refractivity contribution is 5.90. The van der Waals surface area contributed by atoms with Gasteiger partial charge in [0.05, 0.1) is 14.2 Å². The number of carbonyl (C=O) groups is 1. The van der Waals surface area contributed by atoms with E-state index in [1.54, 1.807) is 20.3 Å². The van der Waals surface area contributed by atoms with Gasteiger partial charge in [0.2, 0.25) is 0 Å². The van der Waals surface area contributed by atoms with E-state index in [1.165, 1.54) is 5.56 Å². The third-order valence-electron chi connectivity index (χ3n) is 3.55. The maximum atomic E-state index is 12.1. The van der Waals surface area contributed by atoms with Crippen molar-refractivity contribution in [3.05, 3.63) is 53.1 Å². The first-order chi connectivity index (χ1) is 11.0. The van der Waals surface area contributed by atoms with E-state index >= 15 is 0 Å². The average Bonchev–Trinajstić information content (AvgIpc) is 2.55. The van der Waals surface area contributed by atoms with Gasteiger partial charge in [0.25, 0.3) is 0 Å². The molecule has 5 heteroatoms. The van der Waals surface area contributed by atoms with Crippen LogP contribution in [0.25, 0.3) is 0 Å². The van der Waals surface area contributed by atoms with Gasteiger partial charge >= 0.3 is 6.03 Å². The summed E-state index contributed by atoms with van der Waals surface area (Å²) in [6.45, 7) is 4.40. The predicted octanol–water partition coefficient (Wildman–Crippen LogP) is 3.64. The highest BCUT2D eigenvalue weighted by Crippen LogP contribution is 2.32. The van der Waals surface area contributed by atoms with Gasteiger partial charge in [-0.2, -0.15) is 0 Å². The molecule has 0 fully saturated rings. The highest BCUT2D eigenvalue weighted by atomic mass is 16.5. The van der Waals surface area contributed by atoms with Crippen LogP contribution in [0.2, 0.25) is 0 Å². The molecule has 0 bridgehead atoms. The summed E-state index contributed by atoms with van der Waals surface area (Å²) in [5.41, 5.74) is 3.83. The Kier molecular flexibility index (Phi) is 5.46. The molecule has 0 radical (unpaired) electrons. The monoisotopic (exact) mass is 314 g/mol. The van der Waals surface area contributed by atoms with E-state index in [0.29, 0.717) is 23.7 Å². The minimum Gasteiger partial charge on any atom is -0.493 e. The van der Waals surface area contributed by atoms with Crippen molar-refractivity contribution in [3.63, 3.8) is 0 Å². The van der Waals surface area contributed by atoms with Crippen molar-refractivity contribution in [1.82, 2.24) is 5.32 Å². The van der Waals surface area contributed by atoms with Crippen molar-refractivity contribution >= 4 is 11.7 Å². The number of anilines is 1. The van der Waals surface area contributed by atoms with Gasteiger partial charge in [-0.05, 0) is 31.0 Å². The Hall–Kier alpha value is -2.69. The molecular weight excluding hydrogens is 292 g/mol. The number of methoxy groups -OCH3 is 2. The SMILES string of the molecule is COc1cc(C)c(NC(=O)NCc2ccc(C)cc2)cc1OC. The van der Waals surface area contributed by atoms with Crippen LogP contribution < -0.4 is 20.1 Å². The van der Waals surface area contributed by atoms with E-state index in [0.717, 1.165) is 11.1 Å². The summed E-state index contributed by atoms with van der Waals surface area (Å²) in [4.78, 5) is 12.1. The average molecular weight is 314 g/mol. The first-order valence-electron chi connectivity index (χ1n) is 7.36. The summed E-state index contributed by atoms with van der Waals surface area (Å²) in [5, 5.41) is 5.67. The molecule has 0 aliphatic rings. The normalized spacial score (nSPS) is 10.1. The van der Waals surface area contributed by atoms with Gasteiger partial charge in [0.15, 0.2) is 11.5 Å². The molecule has 0 heterocycles. The lowest BCUT2D eigenvalue weighted by Crippen LogP contribution is -2.28. The van der Waals surface area contributed by atoms with Crippen LogP contribution >= 0.6 is 0 Å². The maximum absolute atomic E-state index is 12.1. The number of nitrogens with one attached hydrogen (secondary N) is 2. The smallest absolute Gasteiger partial charge is 0.319 e. The van der Waals surface area contributed by atoms with Crippen LogP contribution in [0.15, 0.2) is 36.4 Å². The number of benzene rings is 2. The maximum Gasteiger partial charge on any atom is 0.319 e. The third kappa shape index (κ3) is 4.39. The van der Waals surface area contributed by atoms with Crippen molar-refractivity contribution in [2.45, 2.75) is 20.4 Å². The fourth-order valence-corrected chi connectivity index (χ4v) is 2.17. The Morgan fingerprint density at radius 1 is 1.00 bits per heavy atom. The zero-order chi connectivity index (χ0) is 16.8. The van der Waals surface area contributed by atoms with Crippen molar-refractivity contribution in [2.75, 3.05) is 19.5 Å². The Morgan fingerprint density at radius 2 is 1.61 bits per heavy atom. The molecule has 5 nitrogen and oxygen atoms in total. The van der Waals surface area contributed by atoms with Crippen molar-refractivity contribution in [3.8, 4) is 11.5 Å². The second-order valence-electron chi connectivity index (χ2n) is 5.32. The molecule has 0 aromatic heterocycles. The number of ether oxygens (including phenoxy) is 2. The summed E-state index contributed by atoms with van der Waals surface area (Å²) < 4.78 is 10.5. The number of carbonyl (C=O) groups excluding carboxylic acids is 1. The number of rotatable bonds is 5. The molecule has 0 aliphatic heterocycles. The van der Waals surface area contributed by atoms with E-state index in [-0.39, 0.29) is 6.03 Å². The van der Waals surface area contributed by atoms with E-state index in [1.807, 2.05) is 44.2 Å². The van der Waals surface area contributed by atoms with Crippen LogP contribution in [0, 0.1) is 13.8 Å². The van der Waals surface area contributed by atoms with Crippen molar-refractivity contribution in [2.24, 2.45) is 0 Å². The molecular formula is C18H22N2O3. The summed E-state index contributed by atoms with van der Waals surface area (Å²) in [7, 11) is 3.15. The van der Waals surface area contributed by atoms with Crippen molar-refractivity contribution < 1.29 is 14.3 Å². The van der Waals surface area contributed by atoms with Gasteiger partial charge in [-0.3, -0.25) is 0 Å². The minimum atomic E-state index is -0.263. The Balaban J connectivity index is 2.01. The number of hydrogen-bond donors (Lipinski definition) is 2. The Morgan fingerprint density at radius 3 is 2.22 bits per heavy atom. The van der Waals surface area contributed by atoms with Crippen LogP contribution in [0.4, 0.5) is 10.5 Å². The van der Waals surface area contributed by atoms with Crippen LogP contribution in [-0.4, -0.2) is 20.3 Å². The molecule has 0 unspecified atom stereocenters. The lowest BCUT2D eigenvalue weighted by Gasteiger charge is -2.14. The number of hydrogen-bond acceptors (Lipinski definition) is 3. The largest absolute Gasteiger partial charge is 0.493 e. The minimum absolute atomic E-state index is 0.263. The van der Waals surface area contributed by atoms with Crippen LogP contribution in [-0.2, 0) is 6.54 Å². The molecule has 0 saturated heterocycles. The molecule has 0 atom stereocenters. The van der Waals surface area contributed by atoms with E-state index in [2.05, 4.69) is 10.6 Å². The Bertz CT molecular complexity index is 681. The number of urea groups is 1. The first-order valence-corrected chi connectivity index (χ1v) is 7.36. The standard InChI is InChI=1S/C18H22N2O3/c1-12-5-7-14(8-6-12)11-19-18(21)20-15-10-17(23-4)16(22-3)9-13(15)2/h5-10H,11H2,1-4H3,(H2,19,20,21). The summed E-state index contributed by atoms with van der Waals surface area (Å²) >= 11 is 0. The first kappa shape index (κ1) is 16.7. The van der Waals surface area contributed by atoms with E-state index in [9.17, 15) is 4.79 Å². The van der Waals surface area contributed by atoms with Crippen LogP contribution in [0.5, 0.6) is 11.5 Å². The second-order valence-corrected chi connectivity index (χ2v) is 5.32. The summed E-state index contributed by atoms with van der Waals surface area (Å²) in [5.74, 6) is 1.21. The number of amides is 2. The fraction of sp³-hybridized carbons (Fsp3) is 0.278. The predicted molar refractivity (Wildman–Crippen MR) is 91.3 cm³/mol. The van der Waals surface area contributed by atoms with Gasteiger partial charge in [-0.25, -0.2) is 4.79 Å². The second kappa shape index (κ2) is 7.54. The molecule has 2 aromatic carbocycles. The van der Waals surface area contributed by atoms with E-state index in [4.69, 9.17) is 9.47 Å². The zero-order valence-corrected chi connectivity index (χ0v) is 13.9. The molecule has 2 N–H and O–H groups in total. The molecule has 0 aliphatic carbocycles. The molecule has 0 saturated carbocycles. The topological polar surface area (TPSA) is 59.6 Å². The van der Waals surface area contributed by atoms with E-state index < -0.39 is 0 Å². The lowest BCUT2D eigenvalue weighted by molar-refractivity contribution is 0.251. The zero-order valence-electron chi connectivity index (χ0n) is 13.9. The van der Waals surface area contributed by atoms with Crippen molar-refractivity contribution in [1.29, 1.82) is 0 Å². The van der Waals surface area contributed by atoms with Crippen LogP contribution in [0.3, 0.4) is 0 Å². The molecule has 2 amide bonds. The third-order valence-corrected chi connectivity index (χ3v) is 3.55. The fourth-order valence-electron chi connectivity index (χ4n) is 2.17. The van der Waals surface area contributed by atoms with Gasteiger partial charge in [-0.1, -0.05) is 29.8 Å². The molecule has 2 aromatic rings. The molecule has 0 spiro atoms. The molecule has 2 rings (SSSR count). The number of aryl methyl sites for hydroxylation is 2.